The Bertz CT molecular complexity index is 1610. The highest BCUT2D eigenvalue weighted by molar-refractivity contribution is 7.92. The molecule has 2 N–H and O–H groups in total. The van der Waals surface area contributed by atoms with Gasteiger partial charge in [-0.15, -0.1) is 11.3 Å². The molecule has 6 rings (SSSR count). The van der Waals surface area contributed by atoms with Crippen LogP contribution in [0.15, 0.2) is 30.5 Å². The average Bonchev–Trinajstić information content (AvgIpc) is 3.45. The van der Waals surface area contributed by atoms with Gasteiger partial charge in [-0.2, -0.15) is 0 Å². The fourth-order valence-corrected chi connectivity index (χ4v) is 9.70. The van der Waals surface area contributed by atoms with Gasteiger partial charge in [-0.25, -0.2) is 27.8 Å². The normalized spacial score (nSPS) is 19.7. The standard InChI is InChI=1S/C35H49FN6O2S2/c1-5-20-46(43,44)41-27-13-9-12-26(29(27)36)30-31(45-32(40-30)34(2,3)4)28-14-17-37-33(39-28)38-25-21-35(22-25)15-18-42(19-16-35)23-24-10-7-6-8-11-24/h9,12-14,17,24-25,41H,5-8,10-11,15-16,18-23H2,1-4H3,(H,37,38,39). The summed E-state index contributed by atoms with van der Waals surface area (Å²) < 4.78 is 43.3. The molecule has 2 saturated carbocycles. The molecule has 1 saturated heterocycles. The van der Waals surface area contributed by atoms with Crippen LogP contribution in [0.4, 0.5) is 16.0 Å². The Morgan fingerprint density at radius 3 is 2.50 bits per heavy atom. The van der Waals surface area contributed by atoms with Gasteiger partial charge in [-0.1, -0.05) is 53.0 Å². The molecule has 1 aromatic carbocycles. The van der Waals surface area contributed by atoms with Crippen LogP contribution in [0.1, 0.15) is 96.9 Å². The number of thiazole rings is 1. The van der Waals surface area contributed by atoms with Gasteiger partial charge in [0.1, 0.15) is 0 Å². The van der Waals surface area contributed by atoms with E-state index in [2.05, 4.69) is 40.7 Å². The first-order valence-corrected chi connectivity index (χ1v) is 19.5. The average molecular weight is 669 g/mol. The Morgan fingerprint density at radius 1 is 1.07 bits per heavy atom. The first kappa shape index (κ1) is 33.3. The zero-order chi connectivity index (χ0) is 32.5. The minimum Gasteiger partial charge on any atom is -0.351 e. The third kappa shape index (κ3) is 7.57. The predicted molar refractivity (Wildman–Crippen MR) is 186 cm³/mol. The molecule has 2 aromatic heterocycles. The highest BCUT2D eigenvalue weighted by Gasteiger charge is 2.46. The summed E-state index contributed by atoms with van der Waals surface area (Å²) in [5.41, 5.74) is 1.45. The van der Waals surface area contributed by atoms with Crippen LogP contribution in [0, 0.1) is 17.2 Å². The van der Waals surface area contributed by atoms with Crippen molar-refractivity contribution in [1.82, 2.24) is 19.9 Å². The number of likely N-dealkylation sites (tertiary alicyclic amines) is 1. The molecule has 3 aromatic rings. The van der Waals surface area contributed by atoms with E-state index in [9.17, 15) is 8.42 Å². The van der Waals surface area contributed by atoms with E-state index in [0.717, 1.165) is 28.6 Å². The number of nitrogens with one attached hydrogen (secondary N) is 2. The lowest BCUT2D eigenvalue weighted by atomic mass is 9.60. The second-order valence-corrected chi connectivity index (χ2v) is 17.7. The van der Waals surface area contributed by atoms with Crippen LogP contribution in [0.2, 0.25) is 0 Å². The molecule has 11 heteroatoms. The van der Waals surface area contributed by atoms with E-state index in [0.29, 0.717) is 35.2 Å². The van der Waals surface area contributed by atoms with E-state index in [-0.39, 0.29) is 22.4 Å². The largest absolute Gasteiger partial charge is 0.351 e. The number of rotatable bonds is 10. The molecule has 1 aliphatic heterocycles. The van der Waals surface area contributed by atoms with Crippen molar-refractivity contribution in [3.05, 3.63) is 41.3 Å². The fourth-order valence-electron chi connectivity index (χ4n) is 7.46. The van der Waals surface area contributed by atoms with Gasteiger partial charge in [0.25, 0.3) is 0 Å². The van der Waals surface area contributed by atoms with Gasteiger partial charge in [0.05, 0.1) is 32.7 Å². The Labute approximate surface area is 278 Å². The van der Waals surface area contributed by atoms with Crippen molar-refractivity contribution >= 4 is 33.0 Å². The molecule has 0 bridgehead atoms. The van der Waals surface area contributed by atoms with Gasteiger partial charge in [0.15, 0.2) is 5.82 Å². The zero-order valence-electron chi connectivity index (χ0n) is 27.7. The molecule has 1 spiro atoms. The molecule has 3 fully saturated rings. The van der Waals surface area contributed by atoms with E-state index < -0.39 is 15.8 Å². The number of anilines is 2. The van der Waals surface area contributed by atoms with Crippen LogP contribution >= 0.6 is 11.3 Å². The molecule has 2 aliphatic carbocycles. The fraction of sp³-hybridized carbons (Fsp3) is 0.629. The van der Waals surface area contributed by atoms with E-state index in [1.807, 2.05) is 6.07 Å². The molecule has 250 valence electrons. The predicted octanol–water partition coefficient (Wildman–Crippen LogP) is 8.09. The highest BCUT2D eigenvalue weighted by atomic mass is 32.2. The third-order valence-electron chi connectivity index (χ3n) is 10.00. The first-order valence-electron chi connectivity index (χ1n) is 17.1. The number of sulfonamides is 1. The topological polar surface area (TPSA) is 100 Å². The summed E-state index contributed by atoms with van der Waals surface area (Å²) in [5, 5.41) is 4.43. The number of nitrogens with zero attached hydrogens (tertiary/aromatic N) is 4. The van der Waals surface area contributed by atoms with Crippen molar-refractivity contribution in [1.29, 1.82) is 0 Å². The second-order valence-electron chi connectivity index (χ2n) is 14.9. The summed E-state index contributed by atoms with van der Waals surface area (Å²) in [6, 6.07) is 6.93. The van der Waals surface area contributed by atoms with E-state index in [4.69, 9.17) is 9.97 Å². The monoisotopic (exact) mass is 668 g/mol. The van der Waals surface area contributed by atoms with Crippen LogP contribution in [-0.2, 0) is 15.4 Å². The summed E-state index contributed by atoms with van der Waals surface area (Å²) in [4.78, 5) is 17.8. The van der Waals surface area contributed by atoms with Gasteiger partial charge in [-0.05, 0) is 87.6 Å². The Kier molecular flexibility index (Phi) is 9.75. The maximum absolute atomic E-state index is 15.9. The quantitative estimate of drug-likeness (QED) is 0.225. The zero-order valence-corrected chi connectivity index (χ0v) is 29.4. The highest BCUT2D eigenvalue weighted by Crippen LogP contribution is 2.50. The van der Waals surface area contributed by atoms with Crippen molar-refractivity contribution in [2.75, 3.05) is 35.4 Å². The molecule has 0 atom stereocenters. The third-order valence-corrected chi connectivity index (χ3v) is 13.0. The smallest absolute Gasteiger partial charge is 0.232 e. The number of halogens is 1. The van der Waals surface area contributed by atoms with Crippen LogP contribution in [-0.4, -0.2) is 59.7 Å². The van der Waals surface area contributed by atoms with Crippen molar-refractivity contribution in [3.63, 3.8) is 0 Å². The van der Waals surface area contributed by atoms with Crippen molar-refractivity contribution < 1.29 is 12.8 Å². The summed E-state index contributed by atoms with van der Waals surface area (Å²) in [6.07, 6.45) is 14.1. The summed E-state index contributed by atoms with van der Waals surface area (Å²) in [7, 11) is -3.66. The maximum Gasteiger partial charge on any atom is 0.232 e. The number of piperidine rings is 1. The SMILES string of the molecule is CCCS(=O)(=O)Nc1cccc(-c2nc(C(C)(C)C)sc2-c2ccnc(NC3CC4(CCN(CC5CCCCC5)CC4)C3)n2)c1F. The Morgan fingerprint density at radius 2 is 1.80 bits per heavy atom. The molecule has 0 amide bonds. The van der Waals surface area contributed by atoms with Gasteiger partial charge >= 0.3 is 0 Å². The van der Waals surface area contributed by atoms with Crippen LogP contribution in [0.5, 0.6) is 0 Å². The van der Waals surface area contributed by atoms with Crippen LogP contribution in [0.25, 0.3) is 21.8 Å². The molecule has 3 heterocycles. The lowest BCUT2D eigenvalue weighted by Crippen LogP contribution is -2.52. The molecule has 8 nitrogen and oxygen atoms in total. The number of hydrogen-bond donors (Lipinski definition) is 2. The van der Waals surface area contributed by atoms with Gasteiger partial charge in [0, 0.05) is 29.8 Å². The number of hydrogen-bond acceptors (Lipinski definition) is 8. The minimum atomic E-state index is -3.66. The van der Waals surface area contributed by atoms with Crippen LogP contribution < -0.4 is 10.0 Å². The molecular weight excluding hydrogens is 620 g/mol. The molecular formula is C35H49FN6O2S2. The molecule has 0 unspecified atom stereocenters. The van der Waals surface area contributed by atoms with Gasteiger partial charge in [0.2, 0.25) is 16.0 Å². The number of benzene rings is 1. The Balaban J connectivity index is 1.17. The van der Waals surface area contributed by atoms with Gasteiger partial charge in [-0.3, -0.25) is 4.72 Å². The summed E-state index contributed by atoms with van der Waals surface area (Å²) >= 11 is 1.49. The van der Waals surface area contributed by atoms with Gasteiger partial charge < -0.3 is 10.2 Å². The summed E-state index contributed by atoms with van der Waals surface area (Å²) in [6.45, 7) is 11.7. The molecule has 0 radical (unpaired) electrons. The Hall–Kier alpha value is -2.63. The number of aromatic nitrogens is 3. The first-order chi connectivity index (χ1) is 21.9. The van der Waals surface area contributed by atoms with E-state index in [1.54, 1.807) is 25.3 Å². The van der Waals surface area contributed by atoms with Crippen molar-refractivity contribution in [2.24, 2.45) is 11.3 Å². The van der Waals surface area contributed by atoms with Crippen LogP contribution in [0.3, 0.4) is 0 Å². The molecule has 3 aliphatic rings. The summed E-state index contributed by atoms with van der Waals surface area (Å²) in [5.74, 6) is 0.752. The lowest BCUT2D eigenvalue weighted by Gasteiger charge is -2.52. The van der Waals surface area contributed by atoms with Crippen molar-refractivity contribution in [2.45, 2.75) is 103 Å². The lowest BCUT2D eigenvalue weighted by molar-refractivity contribution is 0.0165. The molecule has 46 heavy (non-hydrogen) atoms. The van der Waals surface area contributed by atoms with Crippen molar-refractivity contribution in [3.8, 4) is 21.8 Å². The van der Waals surface area contributed by atoms with E-state index in [1.165, 1.54) is 82.0 Å². The minimum absolute atomic E-state index is 0.0778. The van der Waals surface area contributed by atoms with E-state index >= 15 is 4.39 Å². The maximum atomic E-state index is 15.9. The second kappa shape index (κ2) is 13.5.